The zero-order valence-corrected chi connectivity index (χ0v) is 19.3. The molecule has 0 unspecified atom stereocenters. The van der Waals surface area contributed by atoms with Crippen LogP contribution in [0.5, 0.6) is 0 Å². The van der Waals surface area contributed by atoms with E-state index in [0.29, 0.717) is 31.5 Å². The van der Waals surface area contributed by atoms with Gasteiger partial charge in [-0.1, -0.05) is 92.4 Å². The highest BCUT2D eigenvalue weighted by Gasteiger charge is 2.29. The first kappa shape index (κ1) is 26.9. The normalized spacial score (nSPS) is 11.4. The van der Waals surface area contributed by atoms with Crippen molar-refractivity contribution >= 4 is 11.9 Å². The molecule has 0 amide bonds. The van der Waals surface area contributed by atoms with Gasteiger partial charge in [0.1, 0.15) is 0 Å². The van der Waals surface area contributed by atoms with Crippen molar-refractivity contribution in [2.24, 2.45) is 17.8 Å². The van der Waals surface area contributed by atoms with Gasteiger partial charge in [0.05, 0.1) is 13.2 Å². The maximum atomic E-state index is 12.4. The highest BCUT2D eigenvalue weighted by molar-refractivity contribution is 5.94. The molecule has 0 aromatic carbocycles. The fourth-order valence-corrected chi connectivity index (χ4v) is 3.14. The summed E-state index contributed by atoms with van der Waals surface area (Å²) in [5, 5.41) is 0. The largest absolute Gasteiger partial charge is 0.465 e. The molecule has 0 atom stereocenters. The van der Waals surface area contributed by atoms with Gasteiger partial charge in [-0.3, -0.25) is 9.59 Å². The summed E-state index contributed by atoms with van der Waals surface area (Å²) in [4.78, 5) is 24.8. The van der Waals surface area contributed by atoms with Gasteiger partial charge in [0.25, 0.3) is 0 Å². The molecule has 0 saturated heterocycles. The van der Waals surface area contributed by atoms with E-state index in [-0.39, 0.29) is 0 Å². The van der Waals surface area contributed by atoms with Gasteiger partial charge < -0.3 is 9.47 Å². The first-order chi connectivity index (χ1) is 13.4. The Kier molecular flexibility index (Phi) is 17.3. The molecule has 0 heterocycles. The highest BCUT2D eigenvalue weighted by Crippen LogP contribution is 2.16. The van der Waals surface area contributed by atoms with Gasteiger partial charge in [0.15, 0.2) is 5.92 Å². The third-order valence-corrected chi connectivity index (χ3v) is 5.01. The molecule has 0 aromatic rings. The Labute approximate surface area is 174 Å². The average Bonchev–Trinajstić information content (AvgIpc) is 2.63. The number of ether oxygens (including phenoxy) is 2. The van der Waals surface area contributed by atoms with Gasteiger partial charge in [0, 0.05) is 0 Å². The van der Waals surface area contributed by atoms with E-state index in [4.69, 9.17) is 9.47 Å². The van der Waals surface area contributed by atoms with E-state index in [1.54, 1.807) is 0 Å². The maximum absolute atomic E-state index is 12.4. The lowest BCUT2D eigenvalue weighted by atomic mass is 10.0. The van der Waals surface area contributed by atoms with Gasteiger partial charge in [-0.25, -0.2) is 0 Å². The Morgan fingerprint density at radius 3 is 1.43 bits per heavy atom. The number of hydrogen-bond donors (Lipinski definition) is 0. The summed E-state index contributed by atoms with van der Waals surface area (Å²) in [6.07, 6.45) is 12.1. The molecule has 0 N–H and O–H groups in total. The van der Waals surface area contributed by atoms with Crippen LogP contribution < -0.4 is 0 Å². The third kappa shape index (κ3) is 15.9. The summed E-state index contributed by atoms with van der Waals surface area (Å²) in [7, 11) is 0. The molecule has 0 aliphatic heterocycles. The lowest BCUT2D eigenvalue weighted by Crippen LogP contribution is -2.28. The molecule has 0 saturated carbocycles. The molecule has 0 fully saturated rings. The van der Waals surface area contributed by atoms with Crippen LogP contribution >= 0.6 is 0 Å². The van der Waals surface area contributed by atoms with E-state index >= 15 is 0 Å². The summed E-state index contributed by atoms with van der Waals surface area (Å²) in [6, 6.07) is 0. The lowest BCUT2D eigenvalue weighted by molar-refractivity contribution is -0.162. The van der Waals surface area contributed by atoms with E-state index < -0.39 is 17.9 Å². The van der Waals surface area contributed by atoms with Crippen LogP contribution in [0.2, 0.25) is 0 Å². The van der Waals surface area contributed by atoms with E-state index in [1.807, 2.05) is 0 Å². The molecule has 0 aliphatic rings. The van der Waals surface area contributed by atoms with Crippen molar-refractivity contribution < 1.29 is 19.1 Å². The van der Waals surface area contributed by atoms with Crippen LogP contribution in [0.1, 0.15) is 112 Å². The number of rotatable bonds is 18. The molecule has 0 aliphatic carbocycles. The number of carbonyl (C=O) groups excluding carboxylic acids is 2. The molecule has 0 aromatic heterocycles. The molecule has 0 spiro atoms. The van der Waals surface area contributed by atoms with Crippen molar-refractivity contribution in [2.75, 3.05) is 13.2 Å². The van der Waals surface area contributed by atoms with Gasteiger partial charge in [-0.15, -0.1) is 0 Å². The van der Waals surface area contributed by atoms with Crippen LogP contribution in [-0.2, 0) is 19.1 Å². The zero-order valence-electron chi connectivity index (χ0n) is 19.3. The molecule has 0 rings (SSSR count). The highest BCUT2D eigenvalue weighted by atomic mass is 16.6. The zero-order chi connectivity index (χ0) is 21.2. The van der Waals surface area contributed by atoms with Crippen molar-refractivity contribution in [1.29, 1.82) is 0 Å². The molecular formula is C24H46O4. The van der Waals surface area contributed by atoms with Crippen molar-refractivity contribution in [1.82, 2.24) is 0 Å². The van der Waals surface area contributed by atoms with Crippen molar-refractivity contribution in [3.8, 4) is 0 Å². The standard InChI is InChI=1S/C24H46O4/c1-6-7-10-17-22(23(25)27-18-13-8-11-15-20(2)3)24(26)28-19-14-9-12-16-21(4)5/h20-22H,6-19H2,1-5H3. The number of esters is 2. The second-order valence-corrected chi connectivity index (χ2v) is 8.87. The van der Waals surface area contributed by atoms with Crippen molar-refractivity contribution in [2.45, 2.75) is 112 Å². The Bertz CT molecular complexity index is 358. The fourth-order valence-electron chi connectivity index (χ4n) is 3.14. The van der Waals surface area contributed by atoms with E-state index in [1.165, 1.54) is 12.8 Å². The van der Waals surface area contributed by atoms with Crippen molar-refractivity contribution in [3.05, 3.63) is 0 Å². The smallest absolute Gasteiger partial charge is 0.320 e. The predicted octanol–water partition coefficient (Wildman–Crippen LogP) is 6.70. The minimum Gasteiger partial charge on any atom is -0.465 e. The lowest BCUT2D eigenvalue weighted by Gasteiger charge is -2.15. The van der Waals surface area contributed by atoms with Crippen LogP contribution in [0.4, 0.5) is 0 Å². The summed E-state index contributed by atoms with van der Waals surface area (Å²) < 4.78 is 10.8. The molecule has 0 bridgehead atoms. The van der Waals surface area contributed by atoms with Crippen LogP contribution in [-0.4, -0.2) is 25.2 Å². The SMILES string of the molecule is CCCCCC(C(=O)OCCCCCC(C)C)C(=O)OCCCCCC(C)C. The van der Waals surface area contributed by atoms with Crippen LogP contribution in [0, 0.1) is 17.8 Å². The minimum atomic E-state index is -0.752. The van der Waals surface area contributed by atoms with Crippen LogP contribution in [0.3, 0.4) is 0 Å². The predicted molar refractivity (Wildman–Crippen MR) is 116 cm³/mol. The quantitative estimate of drug-likeness (QED) is 0.146. The number of carbonyl (C=O) groups is 2. The molecule has 166 valence electrons. The Morgan fingerprint density at radius 2 is 1.04 bits per heavy atom. The number of hydrogen-bond acceptors (Lipinski definition) is 4. The molecular weight excluding hydrogens is 352 g/mol. The van der Waals surface area contributed by atoms with Gasteiger partial charge in [-0.05, 0) is 31.1 Å². The fraction of sp³-hybridized carbons (Fsp3) is 0.917. The summed E-state index contributed by atoms with van der Waals surface area (Å²) >= 11 is 0. The summed E-state index contributed by atoms with van der Waals surface area (Å²) in [6.45, 7) is 11.8. The first-order valence-electron chi connectivity index (χ1n) is 11.7. The second kappa shape index (κ2) is 18.0. The molecule has 0 radical (unpaired) electrons. The molecule has 4 nitrogen and oxygen atoms in total. The number of unbranched alkanes of at least 4 members (excludes halogenated alkanes) is 6. The van der Waals surface area contributed by atoms with Gasteiger partial charge in [-0.2, -0.15) is 0 Å². The second-order valence-electron chi connectivity index (χ2n) is 8.87. The maximum Gasteiger partial charge on any atom is 0.320 e. The van der Waals surface area contributed by atoms with E-state index in [2.05, 4.69) is 34.6 Å². The molecule has 28 heavy (non-hydrogen) atoms. The topological polar surface area (TPSA) is 52.6 Å². The van der Waals surface area contributed by atoms with E-state index in [0.717, 1.165) is 57.8 Å². The minimum absolute atomic E-state index is 0.398. The first-order valence-corrected chi connectivity index (χ1v) is 11.7. The Morgan fingerprint density at radius 1 is 0.607 bits per heavy atom. The van der Waals surface area contributed by atoms with Gasteiger partial charge >= 0.3 is 11.9 Å². The third-order valence-electron chi connectivity index (χ3n) is 5.01. The monoisotopic (exact) mass is 398 g/mol. The van der Waals surface area contributed by atoms with Crippen molar-refractivity contribution in [3.63, 3.8) is 0 Å². The summed E-state index contributed by atoms with van der Waals surface area (Å²) in [5.41, 5.74) is 0. The van der Waals surface area contributed by atoms with Crippen LogP contribution in [0.15, 0.2) is 0 Å². The molecule has 4 heteroatoms. The summed E-state index contributed by atoms with van der Waals surface area (Å²) in [5.74, 6) is -0.122. The van der Waals surface area contributed by atoms with Gasteiger partial charge in [0.2, 0.25) is 0 Å². The van der Waals surface area contributed by atoms with E-state index in [9.17, 15) is 9.59 Å². The Balaban J connectivity index is 4.19. The van der Waals surface area contributed by atoms with Crippen LogP contribution in [0.25, 0.3) is 0 Å². The average molecular weight is 399 g/mol. The Hall–Kier alpha value is -1.06.